The van der Waals surface area contributed by atoms with Gasteiger partial charge in [-0.2, -0.15) is 0 Å². The lowest BCUT2D eigenvalue weighted by Gasteiger charge is -2.35. The summed E-state index contributed by atoms with van der Waals surface area (Å²) in [5, 5.41) is 3.03. The average molecular weight is 346 g/mol. The SMILES string of the molecule is COc1cccc(CCNC(=O)C2CCN(C(=O)C(C)(C)C)CC2)c1. The van der Waals surface area contributed by atoms with Crippen LogP contribution in [0.1, 0.15) is 39.2 Å². The molecule has 0 aromatic heterocycles. The smallest absolute Gasteiger partial charge is 0.227 e. The minimum atomic E-state index is -0.355. The Kier molecular flexibility index (Phi) is 6.45. The van der Waals surface area contributed by atoms with E-state index < -0.39 is 0 Å². The molecule has 0 bridgehead atoms. The summed E-state index contributed by atoms with van der Waals surface area (Å²) >= 11 is 0. The molecule has 25 heavy (non-hydrogen) atoms. The largest absolute Gasteiger partial charge is 0.497 e. The number of nitrogens with one attached hydrogen (secondary N) is 1. The lowest BCUT2D eigenvalue weighted by Crippen LogP contribution is -2.46. The molecule has 1 aliphatic rings. The van der Waals surface area contributed by atoms with Crippen LogP contribution in [0, 0.1) is 11.3 Å². The standard InChI is InChI=1S/C20H30N2O3/c1-20(2,3)19(24)22-12-9-16(10-13-22)18(23)21-11-8-15-6-5-7-17(14-15)25-4/h5-7,14,16H,8-13H2,1-4H3,(H,21,23). The highest BCUT2D eigenvalue weighted by Gasteiger charge is 2.32. The van der Waals surface area contributed by atoms with Gasteiger partial charge in [0.1, 0.15) is 5.75 Å². The van der Waals surface area contributed by atoms with Crippen molar-refractivity contribution in [1.29, 1.82) is 0 Å². The van der Waals surface area contributed by atoms with Crippen molar-refractivity contribution >= 4 is 11.8 Å². The molecule has 1 saturated heterocycles. The quantitative estimate of drug-likeness (QED) is 0.892. The number of carbonyl (C=O) groups excluding carboxylic acids is 2. The number of methoxy groups -OCH3 is 1. The Balaban J connectivity index is 1.74. The molecule has 0 aliphatic carbocycles. The number of piperidine rings is 1. The lowest BCUT2D eigenvalue weighted by molar-refractivity contribution is -0.142. The summed E-state index contributed by atoms with van der Waals surface area (Å²) in [6.07, 6.45) is 2.27. The molecule has 1 aliphatic heterocycles. The molecule has 0 radical (unpaired) electrons. The maximum Gasteiger partial charge on any atom is 0.227 e. The molecule has 5 nitrogen and oxygen atoms in total. The maximum absolute atomic E-state index is 12.3. The van der Waals surface area contributed by atoms with Gasteiger partial charge in [0.2, 0.25) is 11.8 Å². The predicted molar refractivity (Wildman–Crippen MR) is 98.5 cm³/mol. The first-order valence-corrected chi connectivity index (χ1v) is 9.01. The number of ether oxygens (including phenoxy) is 1. The Hall–Kier alpha value is -2.04. The first-order chi connectivity index (χ1) is 11.8. The van der Waals surface area contributed by atoms with Crippen molar-refractivity contribution in [3.05, 3.63) is 29.8 Å². The minimum absolute atomic E-state index is 0.00864. The topological polar surface area (TPSA) is 58.6 Å². The molecule has 0 unspecified atom stereocenters. The number of hydrogen-bond acceptors (Lipinski definition) is 3. The summed E-state index contributed by atoms with van der Waals surface area (Å²) in [4.78, 5) is 26.5. The van der Waals surface area contributed by atoms with E-state index in [2.05, 4.69) is 5.32 Å². The second-order valence-corrected chi connectivity index (χ2v) is 7.71. The predicted octanol–water partition coefficient (Wildman–Crippen LogP) is 2.64. The van der Waals surface area contributed by atoms with E-state index in [1.54, 1.807) is 7.11 Å². The Morgan fingerprint density at radius 2 is 1.92 bits per heavy atom. The molecule has 0 spiro atoms. The highest BCUT2D eigenvalue weighted by atomic mass is 16.5. The van der Waals surface area contributed by atoms with E-state index in [4.69, 9.17) is 4.74 Å². The van der Waals surface area contributed by atoms with Gasteiger partial charge >= 0.3 is 0 Å². The third kappa shape index (κ3) is 5.48. The summed E-state index contributed by atoms with van der Waals surface area (Å²) in [6.45, 7) is 7.77. The lowest BCUT2D eigenvalue weighted by atomic mass is 9.90. The van der Waals surface area contributed by atoms with Crippen LogP contribution in [-0.2, 0) is 16.0 Å². The molecule has 1 N–H and O–H groups in total. The summed E-state index contributed by atoms with van der Waals surface area (Å²) < 4.78 is 5.21. The Morgan fingerprint density at radius 1 is 1.24 bits per heavy atom. The average Bonchev–Trinajstić information content (AvgIpc) is 2.60. The van der Waals surface area contributed by atoms with Crippen molar-refractivity contribution in [1.82, 2.24) is 10.2 Å². The van der Waals surface area contributed by atoms with Gasteiger partial charge in [-0.1, -0.05) is 32.9 Å². The van der Waals surface area contributed by atoms with Crippen LogP contribution in [0.5, 0.6) is 5.75 Å². The van der Waals surface area contributed by atoms with Crippen molar-refractivity contribution in [3.63, 3.8) is 0 Å². The number of likely N-dealkylation sites (tertiary alicyclic amines) is 1. The van der Waals surface area contributed by atoms with Gasteiger partial charge in [-0.15, -0.1) is 0 Å². The molecule has 0 atom stereocenters. The molecular weight excluding hydrogens is 316 g/mol. The molecule has 1 aromatic rings. The molecule has 1 aromatic carbocycles. The summed E-state index contributed by atoms with van der Waals surface area (Å²) in [5.41, 5.74) is 0.788. The highest BCUT2D eigenvalue weighted by Crippen LogP contribution is 2.23. The van der Waals surface area contributed by atoms with Gasteiger partial charge in [-0.05, 0) is 37.0 Å². The number of nitrogens with zero attached hydrogens (tertiary/aromatic N) is 1. The number of benzene rings is 1. The van der Waals surface area contributed by atoms with Gasteiger partial charge < -0.3 is 15.0 Å². The Labute approximate surface area is 150 Å². The first kappa shape index (κ1) is 19.3. The highest BCUT2D eigenvalue weighted by molar-refractivity contribution is 5.82. The molecule has 5 heteroatoms. The molecule has 1 fully saturated rings. The molecular formula is C20H30N2O3. The van der Waals surface area contributed by atoms with Crippen molar-refractivity contribution in [2.75, 3.05) is 26.7 Å². The van der Waals surface area contributed by atoms with Crippen LogP contribution in [0.15, 0.2) is 24.3 Å². The van der Waals surface area contributed by atoms with Gasteiger partial charge in [0.05, 0.1) is 7.11 Å². The van der Waals surface area contributed by atoms with Crippen LogP contribution < -0.4 is 10.1 Å². The third-order valence-electron chi connectivity index (χ3n) is 4.64. The third-order valence-corrected chi connectivity index (χ3v) is 4.64. The van der Waals surface area contributed by atoms with E-state index in [1.807, 2.05) is 49.9 Å². The van der Waals surface area contributed by atoms with E-state index >= 15 is 0 Å². The van der Waals surface area contributed by atoms with E-state index in [-0.39, 0.29) is 23.1 Å². The van der Waals surface area contributed by atoms with Crippen molar-refractivity contribution in [2.45, 2.75) is 40.0 Å². The van der Waals surface area contributed by atoms with Crippen LogP contribution >= 0.6 is 0 Å². The molecule has 2 amide bonds. The van der Waals surface area contributed by atoms with Crippen LogP contribution in [0.4, 0.5) is 0 Å². The zero-order chi connectivity index (χ0) is 18.4. The van der Waals surface area contributed by atoms with Gasteiger partial charge in [-0.25, -0.2) is 0 Å². The van der Waals surface area contributed by atoms with Crippen LogP contribution in [0.3, 0.4) is 0 Å². The van der Waals surface area contributed by atoms with E-state index in [9.17, 15) is 9.59 Å². The second kappa shape index (κ2) is 8.37. The van der Waals surface area contributed by atoms with Gasteiger partial charge in [0, 0.05) is 31.0 Å². The fourth-order valence-electron chi connectivity index (χ4n) is 3.12. The zero-order valence-corrected chi connectivity index (χ0v) is 15.8. The number of amides is 2. The number of rotatable bonds is 5. The van der Waals surface area contributed by atoms with Gasteiger partial charge in [0.15, 0.2) is 0 Å². The molecule has 1 heterocycles. The summed E-state index contributed by atoms with van der Waals surface area (Å²) in [6, 6.07) is 7.89. The number of hydrogen-bond donors (Lipinski definition) is 1. The fraction of sp³-hybridized carbons (Fsp3) is 0.600. The van der Waals surface area contributed by atoms with E-state index in [0.717, 1.165) is 30.6 Å². The second-order valence-electron chi connectivity index (χ2n) is 7.71. The minimum Gasteiger partial charge on any atom is -0.497 e. The van der Waals surface area contributed by atoms with E-state index in [1.165, 1.54) is 0 Å². The van der Waals surface area contributed by atoms with Crippen molar-refractivity contribution in [3.8, 4) is 5.75 Å². The van der Waals surface area contributed by atoms with Gasteiger partial charge in [-0.3, -0.25) is 9.59 Å². The fourth-order valence-corrected chi connectivity index (χ4v) is 3.12. The van der Waals surface area contributed by atoms with Crippen LogP contribution in [-0.4, -0.2) is 43.5 Å². The maximum atomic E-state index is 12.3. The zero-order valence-electron chi connectivity index (χ0n) is 15.8. The molecule has 138 valence electrons. The summed E-state index contributed by atoms with van der Waals surface area (Å²) in [7, 11) is 1.65. The van der Waals surface area contributed by atoms with Crippen LogP contribution in [0.2, 0.25) is 0 Å². The van der Waals surface area contributed by atoms with Crippen molar-refractivity contribution in [2.24, 2.45) is 11.3 Å². The van der Waals surface area contributed by atoms with Gasteiger partial charge in [0.25, 0.3) is 0 Å². The normalized spacial score (nSPS) is 15.8. The Morgan fingerprint density at radius 3 is 2.52 bits per heavy atom. The Bertz CT molecular complexity index is 599. The van der Waals surface area contributed by atoms with Crippen molar-refractivity contribution < 1.29 is 14.3 Å². The summed E-state index contributed by atoms with van der Waals surface area (Å²) in [5.74, 6) is 1.11. The number of carbonyl (C=O) groups is 2. The van der Waals surface area contributed by atoms with Crippen LogP contribution in [0.25, 0.3) is 0 Å². The molecule has 0 saturated carbocycles. The van der Waals surface area contributed by atoms with E-state index in [0.29, 0.717) is 19.6 Å². The monoisotopic (exact) mass is 346 g/mol. The first-order valence-electron chi connectivity index (χ1n) is 9.01. The molecule has 2 rings (SSSR count).